The summed E-state index contributed by atoms with van der Waals surface area (Å²) in [4.78, 5) is 0. The number of hydrogen-bond acceptors (Lipinski definition) is 0. The van der Waals surface area contributed by atoms with Gasteiger partial charge in [0.05, 0.1) is 0 Å². The molecule has 0 unspecified atom stereocenters. The van der Waals surface area contributed by atoms with Crippen LogP contribution in [0.1, 0.15) is 0 Å². The summed E-state index contributed by atoms with van der Waals surface area (Å²) in [7, 11) is 0. The summed E-state index contributed by atoms with van der Waals surface area (Å²) in [6.45, 7) is 0. The second-order valence-corrected chi connectivity index (χ2v) is 33.4. The van der Waals surface area contributed by atoms with Crippen LogP contribution in [0, 0.1) is 0 Å². The molecule has 0 saturated heterocycles. The van der Waals surface area contributed by atoms with Crippen LogP contribution < -0.4 is 95.5 Å². The molecule has 0 amide bonds. The van der Waals surface area contributed by atoms with E-state index in [1.807, 2.05) is 0 Å². The van der Waals surface area contributed by atoms with Crippen LogP contribution in [0.5, 0.6) is 0 Å². The van der Waals surface area contributed by atoms with Crippen molar-refractivity contribution in [2.24, 2.45) is 0 Å². The molecule has 0 aromatic carbocycles. The summed E-state index contributed by atoms with van der Waals surface area (Å²) in [5, 5.41) is 0. The van der Waals surface area contributed by atoms with Crippen LogP contribution in [0.3, 0.4) is 0 Å². The fraction of sp³-hybridized carbons (Fsp3) is 0. The molecule has 0 bridgehead atoms. The van der Waals surface area contributed by atoms with E-state index in [0.29, 0.717) is 0 Å². The predicted octanol–water partition coefficient (Wildman–Crippen LogP) is -9.71. The molecule has 0 radical (unpaired) electrons. The zero-order valence-corrected chi connectivity index (χ0v) is 19.0. The van der Waals surface area contributed by atoms with Crippen molar-refractivity contribution in [2.75, 3.05) is 0 Å². The molecule has 0 aromatic heterocycles. The SMILES string of the molecule is [Cl-].[I-].[I][Al]([I])[I].[Na+].[Na+]. The van der Waals surface area contributed by atoms with Gasteiger partial charge in [0.1, 0.15) is 0 Å². The molecule has 0 aliphatic heterocycles. The monoisotopic (exact) mass is 616 g/mol. The van der Waals surface area contributed by atoms with Gasteiger partial charge in [-0.1, -0.05) is 0 Å². The minimum absolute atomic E-state index is 0. The maximum atomic E-state index is 2.46. The summed E-state index contributed by atoms with van der Waals surface area (Å²) in [5.41, 5.74) is 0. The Balaban J connectivity index is -0.00000000750. The molecule has 0 N–H and O–H groups in total. The second kappa shape index (κ2) is 23.0. The Labute approximate surface area is 156 Å². The van der Waals surface area contributed by atoms with Crippen LogP contribution in [0.25, 0.3) is 0 Å². The maximum Gasteiger partial charge on any atom is 1.00 e. The third kappa shape index (κ3) is 41.1. The van der Waals surface area contributed by atoms with Crippen LogP contribution in [0.15, 0.2) is 0 Å². The standard InChI is InChI=1S/Al.ClH.4HI.2Na/h;5*1H;;/q+3;;;;;;2*+1/p-5. The van der Waals surface area contributed by atoms with E-state index in [-0.39, 0.29) is 99.8 Å². The summed E-state index contributed by atoms with van der Waals surface area (Å²) in [6.07, 6.45) is 0. The smallest absolute Gasteiger partial charge is 1.00 e. The fourth-order valence-electron chi connectivity index (χ4n) is 0. The Morgan fingerprint density at radius 2 is 0.875 bits per heavy atom. The molecule has 0 heterocycles. The van der Waals surface area contributed by atoms with Gasteiger partial charge in [-0.25, -0.2) is 0 Å². The Morgan fingerprint density at radius 1 is 0.875 bits per heavy atom. The van der Waals surface area contributed by atoms with Crippen molar-refractivity contribution >= 4 is 65.1 Å². The van der Waals surface area contributed by atoms with Crippen molar-refractivity contribution in [1.29, 1.82) is 0 Å². The molecule has 8 heteroatoms. The van der Waals surface area contributed by atoms with Gasteiger partial charge in [-0.15, -0.1) is 0 Å². The van der Waals surface area contributed by atoms with Crippen molar-refractivity contribution in [3.8, 4) is 0 Å². The van der Waals surface area contributed by atoms with Gasteiger partial charge in [-0.05, 0) is 0 Å². The fourth-order valence-corrected chi connectivity index (χ4v) is 0. The molecule has 0 atom stereocenters. The summed E-state index contributed by atoms with van der Waals surface area (Å²) in [5.74, 6) is 0. The molecule has 0 aliphatic carbocycles. The van der Waals surface area contributed by atoms with Gasteiger partial charge in [0.15, 0.2) is 0 Å². The second-order valence-electron chi connectivity index (χ2n) is 0.247. The van der Waals surface area contributed by atoms with Crippen molar-refractivity contribution in [3.05, 3.63) is 0 Å². The predicted molar refractivity (Wildman–Crippen MR) is 47.8 cm³/mol. The average molecular weight is 616 g/mol. The van der Waals surface area contributed by atoms with E-state index < -0.39 is 0 Å². The van der Waals surface area contributed by atoms with E-state index in [0.717, 1.165) is 0 Å². The number of hydrogen-bond donors (Lipinski definition) is 0. The van der Waals surface area contributed by atoms with E-state index in [1.165, 1.54) is 0 Å². The average Bonchev–Trinajstić information content (AvgIpc) is 0.811. The Kier molecular flexibility index (Phi) is 83.9. The first-order valence-corrected chi connectivity index (χ1v) is 13.2. The van der Waals surface area contributed by atoms with Crippen LogP contribution in [0.2, 0.25) is 0 Å². The Hall–Kier alpha value is 5.74. The largest absolute Gasteiger partial charge is 1.00 e. The van der Waals surface area contributed by atoms with Gasteiger partial charge < -0.3 is 36.4 Å². The first kappa shape index (κ1) is 29.2. The van der Waals surface area contributed by atoms with E-state index in [9.17, 15) is 0 Å². The van der Waals surface area contributed by atoms with E-state index in [2.05, 4.69) is 60.8 Å². The van der Waals surface area contributed by atoms with Gasteiger partial charge >= 0.3 is 63.4 Å². The van der Waals surface area contributed by atoms with Gasteiger partial charge in [-0.2, -0.15) is 60.8 Å². The molecule has 0 spiro atoms. The number of rotatable bonds is 0. The van der Waals surface area contributed by atoms with Crippen LogP contribution in [0.4, 0.5) is 0 Å². The minimum atomic E-state index is -0.229. The van der Waals surface area contributed by atoms with Gasteiger partial charge in [0.2, 0.25) is 0 Å². The van der Waals surface area contributed by atoms with Crippen LogP contribution >= 0.6 is 60.8 Å². The number of halogens is 5. The van der Waals surface area contributed by atoms with Crippen molar-refractivity contribution in [3.63, 3.8) is 0 Å². The molecule has 0 fully saturated rings. The van der Waals surface area contributed by atoms with Crippen molar-refractivity contribution in [1.82, 2.24) is 0 Å². The van der Waals surface area contributed by atoms with Crippen LogP contribution in [-0.2, 0) is 0 Å². The minimum Gasteiger partial charge on any atom is -1.00 e. The molecule has 0 aliphatic rings. The summed E-state index contributed by atoms with van der Waals surface area (Å²) in [6, 6.07) is 0. The summed E-state index contributed by atoms with van der Waals surface area (Å²) >= 11 is 7.37. The Morgan fingerprint density at radius 3 is 0.875 bits per heavy atom. The molecular weight excluding hydrogens is 616 g/mol. The zero-order valence-electron chi connectivity index (χ0n) is 4.47. The third-order valence-corrected chi connectivity index (χ3v) is 0. The summed E-state index contributed by atoms with van der Waals surface area (Å²) < 4.78 is -0.229. The van der Waals surface area contributed by atoms with Gasteiger partial charge in [-0.3, -0.25) is 0 Å². The maximum absolute atomic E-state index is 2.46. The molecule has 0 saturated carbocycles. The molecule has 0 nitrogen and oxygen atoms in total. The Bertz CT molecular complexity index is 18.8. The van der Waals surface area contributed by atoms with Gasteiger partial charge in [0, 0.05) is 0 Å². The van der Waals surface area contributed by atoms with E-state index >= 15 is 0 Å². The molecule has 8 heavy (non-hydrogen) atoms. The molecule has 0 rings (SSSR count). The van der Waals surface area contributed by atoms with Crippen LogP contribution in [-0.4, -0.2) is 4.30 Å². The first-order valence-electron chi connectivity index (χ1n) is 0.655. The molecule has 0 aromatic rings. The normalized spacial score (nSPS) is 3.38. The quantitative estimate of drug-likeness (QED) is 0.188. The van der Waals surface area contributed by atoms with Gasteiger partial charge in [0.25, 0.3) is 0 Å². The van der Waals surface area contributed by atoms with E-state index in [1.54, 1.807) is 0 Å². The first-order chi connectivity index (χ1) is 1.73. The molecular formula is AlClI4Na2. The van der Waals surface area contributed by atoms with Crippen molar-refractivity contribution < 1.29 is 95.5 Å². The van der Waals surface area contributed by atoms with Crippen molar-refractivity contribution in [2.45, 2.75) is 0 Å². The molecule has 40 valence electrons. The van der Waals surface area contributed by atoms with E-state index in [4.69, 9.17) is 0 Å². The third-order valence-electron chi connectivity index (χ3n) is 0. The zero-order chi connectivity index (χ0) is 3.58. The topological polar surface area (TPSA) is 0 Å².